The summed E-state index contributed by atoms with van der Waals surface area (Å²) in [7, 11) is 0. The summed E-state index contributed by atoms with van der Waals surface area (Å²) in [6.07, 6.45) is -3.21. The lowest BCUT2D eigenvalue weighted by molar-refractivity contribution is -0.192. The molecule has 0 aliphatic carbocycles. The molecule has 0 saturated carbocycles. The van der Waals surface area contributed by atoms with Crippen molar-refractivity contribution in [3.05, 3.63) is 101 Å². The van der Waals surface area contributed by atoms with Gasteiger partial charge in [0.1, 0.15) is 0 Å². The maximum atomic E-state index is 13.6. The number of carboxylic acids is 1. The van der Waals surface area contributed by atoms with Crippen LogP contribution in [0.3, 0.4) is 0 Å². The van der Waals surface area contributed by atoms with E-state index in [-0.39, 0.29) is 5.91 Å². The number of amides is 1. The molecule has 43 heavy (non-hydrogen) atoms. The van der Waals surface area contributed by atoms with Gasteiger partial charge in [0.05, 0.1) is 16.8 Å². The van der Waals surface area contributed by atoms with Crippen molar-refractivity contribution in [1.29, 1.82) is 0 Å². The van der Waals surface area contributed by atoms with Gasteiger partial charge in [0.2, 0.25) is 0 Å². The summed E-state index contributed by atoms with van der Waals surface area (Å²) in [4.78, 5) is 34.2. The third-order valence-corrected chi connectivity index (χ3v) is 8.49. The fraction of sp³-hybridized carbons (Fsp3) is 0.281. The molecule has 2 fully saturated rings. The Labute approximate surface area is 251 Å². The van der Waals surface area contributed by atoms with Gasteiger partial charge >= 0.3 is 12.1 Å². The zero-order valence-electron chi connectivity index (χ0n) is 23.0. The van der Waals surface area contributed by atoms with Crippen LogP contribution >= 0.6 is 11.6 Å². The van der Waals surface area contributed by atoms with Gasteiger partial charge in [-0.15, -0.1) is 0 Å². The Hall–Kier alpha value is -4.31. The van der Waals surface area contributed by atoms with Crippen LogP contribution in [-0.2, 0) is 17.8 Å². The molecule has 2 atom stereocenters. The predicted molar refractivity (Wildman–Crippen MR) is 159 cm³/mol. The lowest BCUT2D eigenvalue weighted by atomic mass is 10.1. The minimum absolute atomic E-state index is 0.152. The summed E-state index contributed by atoms with van der Waals surface area (Å²) in [6.45, 7) is 3.27. The van der Waals surface area contributed by atoms with Crippen LogP contribution in [0, 0.1) is 0 Å². The van der Waals surface area contributed by atoms with E-state index < -0.39 is 12.1 Å². The van der Waals surface area contributed by atoms with Gasteiger partial charge in [-0.1, -0.05) is 48.0 Å². The maximum absolute atomic E-state index is 13.6. The van der Waals surface area contributed by atoms with Crippen LogP contribution in [0.4, 0.5) is 24.5 Å². The van der Waals surface area contributed by atoms with Crippen LogP contribution in [0.2, 0.25) is 5.02 Å². The first-order valence-corrected chi connectivity index (χ1v) is 14.3. The van der Waals surface area contributed by atoms with Crippen LogP contribution in [0.5, 0.6) is 0 Å². The zero-order valence-corrected chi connectivity index (χ0v) is 23.7. The van der Waals surface area contributed by atoms with Crippen LogP contribution in [0.1, 0.15) is 28.0 Å². The smallest absolute Gasteiger partial charge is 0.475 e. The average Bonchev–Trinajstić information content (AvgIpc) is 3.69. The van der Waals surface area contributed by atoms with Gasteiger partial charge < -0.3 is 19.8 Å². The average molecular weight is 609 g/mol. The largest absolute Gasteiger partial charge is 0.490 e. The van der Waals surface area contributed by atoms with E-state index in [1.54, 1.807) is 0 Å². The van der Waals surface area contributed by atoms with Crippen molar-refractivity contribution >= 4 is 45.8 Å². The minimum atomic E-state index is -5.08. The fourth-order valence-corrected chi connectivity index (χ4v) is 6.35. The van der Waals surface area contributed by atoms with Crippen LogP contribution in [0.25, 0.3) is 10.9 Å². The van der Waals surface area contributed by atoms with Crippen molar-refractivity contribution in [2.24, 2.45) is 0 Å². The molecule has 0 spiro atoms. The summed E-state index contributed by atoms with van der Waals surface area (Å²) < 4.78 is 31.7. The van der Waals surface area contributed by atoms with Gasteiger partial charge in [0.25, 0.3) is 5.91 Å². The number of carboxylic acid groups (broad SMARTS) is 1. The second kappa shape index (κ2) is 11.4. The number of aliphatic carboxylic acids is 1. The normalized spacial score (nSPS) is 19.1. The van der Waals surface area contributed by atoms with Crippen molar-refractivity contribution in [2.45, 2.75) is 37.6 Å². The molecule has 222 valence electrons. The first-order valence-electron chi connectivity index (χ1n) is 13.9. The Morgan fingerprint density at radius 2 is 1.63 bits per heavy atom. The topological polar surface area (TPSA) is 77.0 Å². The van der Waals surface area contributed by atoms with Gasteiger partial charge in [-0.05, 0) is 54.4 Å². The molecule has 11 heteroatoms. The van der Waals surface area contributed by atoms with E-state index in [1.165, 1.54) is 5.69 Å². The Morgan fingerprint density at radius 3 is 2.33 bits per heavy atom. The standard InChI is InChI=1S/C30H27ClN4O.C2HF3O2/c31-22-9-12-24(13-10-22)34-18-26-16-25(34)19-35(26)28-7-3-5-21-17-33(30(36)29(21)28)15-14-23-11-8-20-4-1-2-6-27(20)32-23;3-2(4,5)1(6)7/h1-13,25-26H,14-19H2;(H,6,7)/t25-,26-;/m0./s1. The van der Waals surface area contributed by atoms with E-state index in [0.717, 1.165) is 64.4 Å². The van der Waals surface area contributed by atoms with Gasteiger partial charge in [-0.3, -0.25) is 9.78 Å². The van der Waals surface area contributed by atoms with Gasteiger partial charge in [0, 0.05) is 66.5 Å². The number of piperazine rings is 1. The van der Waals surface area contributed by atoms with Gasteiger partial charge in [-0.2, -0.15) is 13.2 Å². The summed E-state index contributed by atoms with van der Waals surface area (Å²) in [5, 5.41) is 9.04. The highest BCUT2D eigenvalue weighted by atomic mass is 35.5. The molecule has 0 unspecified atom stereocenters. The number of carbonyl (C=O) groups is 2. The van der Waals surface area contributed by atoms with Crippen molar-refractivity contribution in [3.63, 3.8) is 0 Å². The first-order chi connectivity index (χ1) is 20.6. The highest BCUT2D eigenvalue weighted by Crippen LogP contribution is 2.41. The number of benzene rings is 3. The third-order valence-electron chi connectivity index (χ3n) is 8.24. The number of aromatic nitrogens is 1. The molecule has 4 heterocycles. The predicted octanol–water partition coefficient (Wildman–Crippen LogP) is 6.19. The minimum Gasteiger partial charge on any atom is -0.475 e. The molecule has 2 bridgehead atoms. The van der Waals surface area contributed by atoms with Crippen molar-refractivity contribution in [1.82, 2.24) is 9.88 Å². The number of carbonyl (C=O) groups excluding carboxylic acids is 1. The molecular formula is C32H28ClF3N4O3. The summed E-state index contributed by atoms with van der Waals surface area (Å²) in [6, 6.07) is 27.7. The van der Waals surface area contributed by atoms with E-state index in [0.29, 0.717) is 25.2 Å². The van der Waals surface area contributed by atoms with E-state index in [1.807, 2.05) is 35.2 Å². The molecule has 0 radical (unpaired) electrons. The number of nitrogens with zero attached hydrogens (tertiary/aromatic N) is 4. The molecule has 7 rings (SSSR count). The summed E-state index contributed by atoms with van der Waals surface area (Å²) >= 11 is 6.09. The van der Waals surface area contributed by atoms with Crippen molar-refractivity contribution in [3.8, 4) is 0 Å². The highest BCUT2D eigenvalue weighted by molar-refractivity contribution is 6.30. The van der Waals surface area contributed by atoms with E-state index >= 15 is 0 Å². The summed E-state index contributed by atoms with van der Waals surface area (Å²) in [5.74, 6) is -2.61. The maximum Gasteiger partial charge on any atom is 0.490 e. The number of alkyl halides is 3. The van der Waals surface area contributed by atoms with Gasteiger partial charge in [0.15, 0.2) is 0 Å². The van der Waals surface area contributed by atoms with Crippen molar-refractivity contribution in [2.75, 3.05) is 29.4 Å². The van der Waals surface area contributed by atoms with Crippen LogP contribution in [-0.4, -0.2) is 64.8 Å². The van der Waals surface area contributed by atoms with Crippen molar-refractivity contribution < 1.29 is 27.9 Å². The second-order valence-corrected chi connectivity index (χ2v) is 11.3. The molecule has 1 N–H and O–H groups in total. The lowest BCUT2D eigenvalue weighted by Crippen LogP contribution is -2.47. The van der Waals surface area contributed by atoms with E-state index in [2.05, 4.69) is 58.3 Å². The summed E-state index contributed by atoms with van der Waals surface area (Å²) in [5.41, 5.74) is 6.40. The monoisotopic (exact) mass is 608 g/mol. The number of hydrogen-bond acceptors (Lipinski definition) is 5. The van der Waals surface area contributed by atoms with Crippen LogP contribution in [0.15, 0.2) is 78.9 Å². The number of halogens is 4. The number of fused-ring (bicyclic) bond motifs is 4. The zero-order chi connectivity index (χ0) is 30.3. The molecule has 3 aromatic carbocycles. The number of pyridine rings is 1. The Morgan fingerprint density at radius 1 is 0.930 bits per heavy atom. The highest BCUT2D eigenvalue weighted by Gasteiger charge is 2.45. The van der Waals surface area contributed by atoms with E-state index in [9.17, 15) is 18.0 Å². The SMILES string of the molecule is O=C(O)C(F)(F)F.O=C1c2c(cccc2N2C[C@@H]3C[C@H]2CN3c2ccc(Cl)cc2)CN1CCc1ccc2ccccc2n1. The molecule has 3 aliphatic rings. The molecule has 4 aromatic rings. The quantitative estimate of drug-likeness (QED) is 0.291. The van der Waals surface area contributed by atoms with E-state index in [4.69, 9.17) is 26.5 Å². The Kier molecular flexibility index (Phi) is 7.64. The number of hydrogen-bond donors (Lipinski definition) is 1. The Bertz CT molecular complexity index is 1680. The second-order valence-electron chi connectivity index (χ2n) is 10.9. The van der Waals surface area contributed by atoms with Crippen LogP contribution < -0.4 is 9.80 Å². The van der Waals surface area contributed by atoms with Gasteiger partial charge in [-0.25, -0.2) is 4.79 Å². The molecule has 2 saturated heterocycles. The number of para-hydroxylation sites is 1. The number of rotatable bonds is 5. The Balaban J connectivity index is 0.000000423. The molecule has 1 amide bonds. The fourth-order valence-electron chi connectivity index (χ4n) is 6.23. The number of anilines is 2. The molecular weight excluding hydrogens is 581 g/mol. The first kappa shape index (κ1) is 28.8. The molecule has 1 aromatic heterocycles. The molecule has 3 aliphatic heterocycles. The lowest BCUT2D eigenvalue weighted by Gasteiger charge is -2.37. The molecule has 7 nitrogen and oxygen atoms in total. The third kappa shape index (κ3) is 5.84.